The standard InChI is InChI=1S/C38H25NO/c39-24-25-13-15-26(16-14-25)27-17-19-28(20-18-27)29-21-22-37-35(23-29)38(34-11-5-6-12-36(34)40-37)32-9-3-1-7-30(32)31-8-2-4-10-33(31)38/h1-19,21-23,28H,20H2. The van der Waals surface area contributed by atoms with E-state index in [-0.39, 0.29) is 5.92 Å². The maximum atomic E-state index is 9.14. The lowest BCUT2D eigenvalue weighted by molar-refractivity contribution is 0.436. The summed E-state index contributed by atoms with van der Waals surface area (Å²) in [5.74, 6) is 2.11. The zero-order valence-electron chi connectivity index (χ0n) is 21.8. The lowest BCUT2D eigenvalue weighted by Crippen LogP contribution is -2.32. The molecule has 8 rings (SSSR count). The van der Waals surface area contributed by atoms with Crippen molar-refractivity contribution in [3.05, 3.63) is 172 Å². The molecule has 2 aliphatic carbocycles. The topological polar surface area (TPSA) is 33.0 Å². The first-order valence-corrected chi connectivity index (χ1v) is 13.8. The molecule has 1 aliphatic heterocycles. The quantitative estimate of drug-likeness (QED) is 0.232. The number of para-hydroxylation sites is 1. The van der Waals surface area contributed by atoms with Crippen LogP contribution in [0.3, 0.4) is 0 Å². The minimum absolute atomic E-state index is 0.272. The van der Waals surface area contributed by atoms with Crippen LogP contribution >= 0.6 is 0 Å². The number of nitriles is 1. The molecule has 1 unspecified atom stereocenters. The van der Waals surface area contributed by atoms with E-state index in [0.29, 0.717) is 5.56 Å². The Labute approximate surface area is 234 Å². The summed E-state index contributed by atoms with van der Waals surface area (Å²) in [6, 6.07) is 43.0. The third-order valence-corrected chi connectivity index (χ3v) is 8.75. The van der Waals surface area contributed by atoms with E-state index in [1.807, 2.05) is 24.3 Å². The van der Waals surface area contributed by atoms with Crippen LogP contribution in [0.15, 0.2) is 133 Å². The van der Waals surface area contributed by atoms with Gasteiger partial charge in [-0.15, -0.1) is 0 Å². The lowest BCUT2D eigenvalue weighted by atomic mass is 9.65. The van der Waals surface area contributed by atoms with Gasteiger partial charge in [-0.1, -0.05) is 103 Å². The third-order valence-electron chi connectivity index (χ3n) is 8.75. The Hall–Kier alpha value is -5.13. The molecule has 0 radical (unpaired) electrons. The fourth-order valence-electron chi connectivity index (χ4n) is 6.92. The van der Waals surface area contributed by atoms with Gasteiger partial charge in [0.05, 0.1) is 17.0 Å². The first-order chi connectivity index (χ1) is 19.8. The van der Waals surface area contributed by atoms with Gasteiger partial charge in [0, 0.05) is 17.0 Å². The molecule has 3 aliphatic rings. The highest BCUT2D eigenvalue weighted by molar-refractivity contribution is 5.88. The van der Waals surface area contributed by atoms with Gasteiger partial charge in [0.25, 0.3) is 0 Å². The molecule has 5 aromatic rings. The van der Waals surface area contributed by atoms with E-state index >= 15 is 0 Å². The number of rotatable bonds is 2. The van der Waals surface area contributed by atoms with E-state index in [2.05, 4.69) is 115 Å². The van der Waals surface area contributed by atoms with Gasteiger partial charge in [-0.05, 0) is 75.7 Å². The van der Waals surface area contributed by atoms with Crippen molar-refractivity contribution in [1.29, 1.82) is 5.26 Å². The van der Waals surface area contributed by atoms with Gasteiger partial charge in [-0.2, -0.15) is 5.26 Å². The fourth-order valence-corrected chi connectivity index (χ4v) is 6.92. The Balaban J connectivity index is 1.27. The van der Waals surface area contributed by atoms with Gasteiger partial charge in [0.15, 0.2) is 0 Å². The van der Waals surface area contributed by atoms with Crippen LogP contribution in [-0.2, 0) is 5.41 Å². The molecule has 2 heteroatoms. The summed E-state index contributed by atoms with van der Waals surface area (Å²) >= 11 is 0. The first kappa shape index (κ1) is 22.8. The van der Waals surface area contributed by atoms with Gasteiger partial charge in [-0.3, -0.25) is 0 Å². The number of hydrogen-bond acceptors (Lipinski definition) is 2. The van der Waals surface area contributed by atoms with Gasteiger partial charge in [-0.25, -0.2) is 0 Å². The summed E-state index contributed by atoms with van der Waals surface area (Å²) in [5, 5.41) is 9.14. The third kappa shape index (κ3) is 3.15. The number of allylic oxidation sites excluding steroid dienone is 4. The molecule has 188 valence electrons. The molecule has 0 saturated heterocycles. The van der Waals surface area contributed by atoms with Crippen LogP contribution in [0.1, 0.15) is 51.3 Å². The lowest BCUT2D eigenvalue weighted by Gasteiger charge is -2.39. The van der Waals surface area contributed by atoms with Crippen molar-refractivity contribution >= 4 is 5.57 Å². The number of nitrogens with zero attached hydrogens (tertiary/aromatic N) is 1. The van der Waals surface area contributed by atoms with Gasteiger partial charge < -0.3 is 4.74 Å². The van der Waals surface area contributed by atoms with Crippen molar-refractivity contribution in [2.45, 2.75) is 17.8 Å². The van der Waals surface area contributed by atoms with Crippen LogP contribution < -0.4 is 4.74 Å². The molecule has 0 N–H and O–H groups in total. The normalized spacial score (nSPS) is 17.1. The van der Waals surface area contributed by atoms with Crippen molar-refractivity contribution in [2.24, 2.45) is 0 Å². The minimum atomic E-state index is -0.435. The fraction of sp³-hybridized carbons (Fsp3) is 0.0789. The molecule has 2 nitrogen and oxygen atoms in total. The summed E-state index contributed by atoms with van der Waals surface area (Å²) in [6.07, 6.45) is 7.77. The molecule has 1 spiro atoms. The highest BCUT2D eigenvalue weighted by atomic mass is 16.5. The SMILES string of the molecule is N#Cc1ccc(C2=CCC(c3ccc4c(c3)C3(c5ccccc5O4)c4ccccc4-c4ccccc43)C=C2)cc1. The van der Waals surface area contributed by atoms with E-state index < -0.39 is 5.41 Å². The largest absolute Gasteiger partial charge is 0.457 e. The Bertz CT molecular complexity index is 1870. The van der Waals surface area contributed by atoms with Crippen molar-refractivity contribution in [2.75, 3.05) is 0 Å². The van der Waals surface area contributed by atoms with Crippen LogP contribution in [0.5, 0.6) is 11.5 Å². The zero-order chi connectivity index (χ0) is 26.7. The summed E-state index contributed by atoms with van der Waals surface area (Å²) in [4.78, 5) is 0. The Morgan fingerprint density at radius 2 is 1.32 bits per heavy atom. The average molecular weight is 512 g/mol. The second-order valence-corrected chi connectivity index (χ2v) is 10.7. The number of ether oxygens (including phenoxy) is 1. The molecular weight excluding hydrogens is 486 g/mol. The Morgan fingerprint density at radius 3 is 2.00 bits per heavy atom. The molecule has 0 fully saturated rings. The van der Waals surface area contributed by atoms with Crippen LogP contribution in [-0.4, -0.2) is 0 Å². The average Bonchev–Trinajstić information content (AvgIpc) is 3.32. The Morgan fingerprint density at radius 1 is 0.675 bits per heavy atom. The number of hydrogen-bond donors (Lipinski definition) is 0. The zero-order valence-corrected chi connectivity index (χ0v) is 21.8. The second kappa shape index (κ2) is 8.70. The predicted molar refractivity (Wildman–Crippen MR) is 159 cm³/mol. The highest BCUT2D eigenvalue weighted by Crippen LogP contribution is 2.62. The molecule has 0 saturated carbocycles. The Kier molecular flexibility index (Phi) is 4.96. The van der Waals surface area contributed by atoms with Gasteiger partial charge >= 0.3 is 0 Å². The van der Waals surface area contributed by atoms with Crippen LogP contribution in [0, 0.1) is 11.3 Å². The molecule has 5 aromatic carbocycles. The predicted octanol–water partition coefficient (Wildman–Crippen LogP) is 9.15. The number of benzene rings is 5. The van der Waals surface area contributed by atoms with E-state index in [1.165, 1.54) is 44.5 Å². The maximum absolute atomic E-state index is 9.14. The van der Waals surface area contributed by atoms with Crippen molar-refractivity contribution in [3.8, 4) is 28.7 Å². The van der Waals surface area contributed by atoms with E-state index in [9.17, 15) is 0 Å². The van der Waals surface area contributed by atoms with Gasteiger partial charge in [0.1, 0.15) is 11.5 Å². The molecule has 0 aromatic heterocycles. The molecular formula is C38H25NO. The van der Waals surface area contributed by atoms with E-state index in [4.69, 9.17) is 10.00 Å². The van der Waals surface area contributed by atoms with Crippen LogP contribution in [0.2, 0.25) is 0 Å². The summed E-state index contributed by atoms with van der Waals surface area (Å²) in [6.45, 7) is 0. The maximum Gasteiger partial charge on any atom is 0.132 e. The first-order valence-electron chi connectivity index (χ1n) is 13.8. The number of fused-ring (bicyclic) bond motifs is 9. The second-order valence-electron chi connectivity index (χ2n) is 10.7. The molecule has 40 heavy (non-hydrogen) atoms. The summed E-state index contributed by atoms with van der Waals surface area (Å²) in [5.41, 5.74) is 11.5. The van der Waals surface area contributed by atoms with E-state index in [1.54, 1.807) is 0 Å². The monoisotopic (exact) mass is 511 g/mol. The molecule has 1 atom stereocenters. The van der Waals surface area contributed by atoms with Gasteiger partial charge in [0.2, 0.25) is 0 Å². The summed E-state index contributed by atoms with van der Waals surface area (Å²) in [7, 11) is 0. The van der Waals surface area contributed by atoms with Crippen molar-refractivity contribution in [1.82, 2.24) is 0 Å². The molecule has 1 heterocycles. The van der Waals surface area contributed by atoms with Crippen LogP contribution in [0.25, 0.3) is 16.7 Å². The van der Waals surface area contributed by atoms with Crippen LogP contribution in [0.4, 0.5) is 0 Å². The minimum Gasteiger partial charge on any atom is -0.457 e. The smallest absolute Gasteiger partial charge is 0.132 e. The van der Waals surface area contributed by atoms with Crippen molar-refractivity contribution in [3.63, 3.8) is 0 Å². The van der Waals surface area contributed by atoms with E-state index in [0.717, 1.165) is 23.5 Å². The molecule has 0 bridgehead atoms. The molecule has 0 amide bonds. The highest BCUT2D eigenvalue weighted by Gasteiger charge is 2.51. The van der Waals surface area contributed by atoms with Crippen molar-refractivity contribution < 1.29 is 4.74 Å². The summed E-state index contributed by atoms with van der Waals surface area (Å²) < 4.78 is 6.58.